The zero-order chi connectivity index (χ0) is 18.7. The molecule has 3 N–H and O–H groups in total. The van der Waals surface area contributed by atoms with Crippen LogP contribution in [0, 0.1) is 0 Å². The molecule has 0 fully saturated rings. The Morgan fingerprint density at radius 2 is 2.00 bits per heavy atom. The molecule has 11 heteroatoms. The largest absolute Gasteiger partial charge is 0.496 e. The van der Waals surface area contributed by atoms with Crippen LogP contribution in [-0.2, 0) is 12.7 Å². The lowest BCUT2D eigenvalue weighted by atomic mass is 10.1. The fourth-order valence-corrected chi connectivity index (χ4v) is 2.19. The molecule has 0 spiro atoms. The first kappa shape index (κ1) is 17.5. The number of nitrogens with zero attached hydrogens (tertiary/aromatic N) is 3. The molecule has 1 amide bonds. The monoisotopic (exact) mass is 366 g/mol. The lowest BCUT2D eigenvalue weighted by Gasteiger charge is -2.04. The van der Waals surface area contributed by atoms with Crippen molar-refractivity contribution in [3.8, 4) is 17.0 Å². The minimum Gasteiger partial charge on any atom is -0.496 e. The summed E-state index contributed by atoms with van der Waals surface area (Å²) in [6.45, 7) is -0.245. The maximum Gasteiger partial charge on any atom is 0.453 e. The van der Waals surface area contributed by atoms with Gasteiger partial charge in [0.25, 0.3) is 11.7 Å². The van der Waals surface area contributed by atoms with Gasteiger partial charge in [0.15, 0.2) is 0 Å². The van der Waals surface area contributed by atoms with Gasteiger partial charge in [0.05, 0.1) is 19.3 Å². The van der Waals surface area contributed by atoms with E-state index in [-0.39, 0.29) is 18.1 Å². The third-order valence-electron chi connectivity index (χ3n) is 3.41. The van der Waals surface area contributed by atoms with Crippen LogP contribution < -0.4 is 10.1 Å². The molecular weight excluding hydrogens is 353 g/mol. The Hall–Kier alpha value is -3.37. The summed E-state index contributed by atoms with van der Waals surface area (Å²) >= 11 is 0. The van der Waals surface area contributed by atoms with Gasteiger partial charge in [-0.3, -0.25) is 15.0 Å². The summed E-state index contributed by atoms with van der Waals surface area (Å²) in [5.41, 5.74) is 1.32. The average Bonchev–Trinajstić information content (AvgIpc) is 3.29. The predicted octanol–water partition coefficient (Wildman–Crippen LogP) is 2.15. The molecule has 0 aliphatic heterocycles. The maximum atomic E-state index is 12.4. The molecule has 2 heterocycles. The van der Waals surface area contributed by atoms with Crippen molar-refractivity contribution in [2.75, 3.05) is 7.11 Å². The number of rotatable bonds is 5. The van der Waals surface area contributed by atoms with Gasteiger partial charge in [-0.1, -0.05) is 12.1 Å². The predicted molar refractivity (Wildman–Crippen MR) is 83.1 cm³/mol. The Bertz CT molecular complexity index is 918. The number of hydrogen-bond acceptors (Lipinski definition) is 5. The molecule has 0 bridgehead atoms. The van der Waals surface area contributed by atoms with E-state index in [0.717, 1.165) is 0 Å². The SMILES string of the molecule is COc1ccccc1-c1cc(C(=O)NCc2nc(C(F)(F)F)n[nH]2)[nH]n1. The van der Waals surface area contributed by atoms with E-state index in [1.807, 2.05) is 0 Å². The molecule has 8 nitrogen and oxygen atoms in total. The van der Waals surface area contributed by atoms with E-state index in [0.29, 0.717) is 17.0 Å². The molecule has 0 aliphatic carbocycles. The smallest absolute Gasteiger partial charge is 0.453 e. The number of amides is 1. The topological polar surface area (TPSA) is 109 Å². The van der Waals surface area contributed by atoms with Gasteiger partial charge < -0.3 is 10.1 Å². The minimum absolute atomic E-state index is 0.116. The van der Waals surface area contributed by atoms with E-state index in [4.69, 9.17) is 4.74 Å². The van der Waals surface area contributed by atoms with Crippen LogP contribution in [-0.4, -0.2) is 38.4 Å². The van der Waals surface area contributed by atoms with Crippen molar-refractivity contribution in [3.05, 3.63) is 47.7 Å². The summed E-state index contributed by atoms with van der Waals surface area (Å²) in [4.78, 5) is 15.4. The number of carbonyl (C=O) groups excluding carboxylic acids is 1. The number of nitrogens with one attached hydrogen (secondary N) is 3. The molecule has 3 rings (SSSR count). The number of hydrogen-bond donors (Lipinski definition) is 3. The number of aromatic amines is 2. The van der Waals surface area contributed by atoms with Gasteiger partial charge in [-0.2, -0.15) is 18.3 Å². The molecule has 0 radical (unpaired) electrons. The second-order valence-corrected chi connectivity index (χ2v) is 5.15. The Morgan fingerprint density at radius 1 is 1.23 bits per heavy atom. The van der Waals surface area contributed by atoms with Crippen molar-refractivity contribution in [2.24, 2.45) is 0 Å². The van der Waals surface area contributed by atoms with Crippen molar-refractivity contribution in [1.29, 1.82) is 0 Å². The molecule has 0 unspecified atom stereocenters. The Balaban J connectivity index is 1.68. The lowest BCUT2D eigenvalue weighted by molar-refractivity contribution is -0.144. The third kappa shape index (κ3) is 3.66. The van der Waals surface area contributed by atoms with E-state index in [1.165, 1.54) is 13.2 Å². The number of carbonyl (C=O) groups is 1. The quantitative estimate of drug-likeness (QED) is 0.641. The molecule has 136 valence electrons. The first-order chi connectivity index (χ1) is 12.4. The van der Waals surface area contributed by atoms with Gasteiger partial charge in [-0.15, -0.1) is 5.10 Å². The summed E-state index contributed by atoms with van der Waals surface area (Å²) in [5.74, 6) is -1.37. The molecule has 0 saturated heterocycles. The number of benzene rings is 1. The van der Waals surface area contributed by atoms with Gasteiger partial charge in [-0.25, -0.2) is 4.98 Å². The van der Waals surface area contributed by atoms with Crippen LogP contribution in [0.2, 0.25) is 0 Å². The number of aromatic nitrogens is 5. The summed E-state index contributed by atoms with van der Waals surface area (Å²) < 4.78 is 42.5. The molecule has 3 aromatic rings. The zero-order valence-corrected chi connectivity index (χ0v) is 13.4. The van der Waals surface area contributed by atoms with Gasteiger partial charge in [0.1, 0.15) is 17.3 Å². The van der Waals surface area contributed by atoms with Crippen LogP contribution in [0.1, 0.15) is 22.1 Å². The van der Waals surface area contributed by atoms with Crippen molar-refractivity contribution in [2.45, 2.75) is 12.7 Å². The van der Waals surface area contributed by atoms with Crippen molar-refractivity contribution in [1.82, 2.24) is 30.7 Å². The highest BCUT2D eigenvalue weighted by Gasteiger charge is 2.36. The molecule has 0 atom stereocenters. The van der Waals surface area contributed by atoms with Crippen LogP contribution in [0.3, 0.4) is 0 Å². The van der Waals surface area contributed by atoms with E-state index in [2.05, 4.69) is 30.7 Å². The molecular formula is C15H13F3N6O2. The van der Waals surface area contributed by atoms with Crippen molar-refractivity contribution >= 4 is 5.91 Å². The first-order valence-electron chi connectivity index (χ1n) is 7.34. The summed E-state index contributed by atoms with van der Waals surface area (Å²) in [5, 5.41) is 14.2. The number of para-hydroxylation sites is 1. The molecule has 26 heavy (non-hydrogen) atoms. The fraction of sp³-hybridized carbons (Fsp3) is 0.200. The number of alkyl halides is 3. The van der Waals surface area contributed by atoms with Crippen LogP contribution >= 0.6 is 0 Å². The zero-order valence-electron chi connectivity index (χ0n) is 13.4. The summed E-state index contributed by atoms with van der Waals surface area (Å²) in [6.07, 6.45) is -4.65. The Labute approximate surface area is 144 Å². The normalized spacial score (nSPS) is 11.4. The van der Waals surface area contributed by atoms with E-state index < -0.39 is 17.9 Å². The van der Waals surface area contributed by atoms with Crippen molar-refractivity contribution in [3.63, 3.8) is 0 Å². The van der Waals surface area contributed by atoms with Gasteiger partial charge in [-0.05, 0) is 18.2 Å². The molecule has 2 aromatic heterocycles. The lowest BCUT2D eigenvalue weighted by Crippen LogP contribution is -2.23. The van der Waals surface area contributed by atoms with Crippen LogP contribution in [0.15, 0.2) is 30.3 Å². The Morgan fingerprint density at radius 3 is 2.69 bits per heavy atom. The van der Waals surface area contributed by atoms with E-state index in [1.54, 1.807) is 24.3 Å². The number of halogens is 3. The van der Waals surface area contributed by atoms with Crippen molar-refractivity contribution < 1.29 is 22.7 Å². The number of ether oxygens (including phenoxy) is 1. The fourth-order valence-electron chi connectivity index (χ4n) is 2.19. The van der Waals surface area contributed by atoms with E-state index >= 15 is 0 Å². The highest BCUT2D eigenvalue weighted by atomic mass is 19.4. The standard InChI is InChI=1S/C15H13F3N6O2/c1-26-11-5-3-2-4-8(11)9-6-10(22-21-9)13(25)19-7-12-20-14(24-23-12)15(16,17)18/h2-6H,7H2,1H3,(H,19,25)(H,21,22)(H,20,23,24). The number of H-pyrrole nitrogens is 2. The summed E-state index contributed by atoms with van der Waals surface area (Å²) in [6, 6.07) is 8.65. The highest BCUT2D eigenvalue weighted by molar-refractivity contribution is 5.93. The van der Waals surface area contributed by atoms with Gasteiger partial charge in [0.2, 0.25) is 0 Å². The van der Waals surface area contributed by atoms with E-state index in [9.17, 15) is 18.0 Å². The van der Waals surface area contributed by atoms with Gasteiger partial charge in [0, 0.05) is 5.56 Å². The number of methoxy groups -OCH3 is 1. The minimum atomic E-state index is -4.65. The van der Waals surface area contributed by atoms with Crippen LogP contribution in [0.4, 0.5) is 13.2 Å². The third-order valence-corrected chi connectivity index (χ3v) is 3.41. The van der Waals surface area contributed by atoms with Crippen LogP contribution in [0.5, 0.6) is 5.75 Å². The Kier molecular flexibility index (Phi) is 4.61. The first-order valence-corrected chi connectivity index (χ1v) is 7.34. The van der Waals surface area contributed by atoms with Crippen LogP contribution in [0.25, 0.3) is 11.3 Å². The summed E-state index contributed by atoms with van der Waals surface area (Å²) in [7, 11) is 1.52. The highest BCUT2D eigenvalue weighted by Crippen LogP contribution is 2.28. The molecule has 0 aliphatic rings. The second-order valence-electron chi connectivity index (χ2n) is 5.15. The maximum absolute atomic E-state index is 12.4. The molecule has 1 aromatic carbocycles. The molecule has 0 saturated carbocycles. The van der Waals surface area contributed by atoms with Gasteiger partial charge >= 0.3 is 6.18 Å². The second kappa shape index (κ2) is 6.86. The average molecular weight is 366 g/mol.